The number of benzene rings is 1. The fourth-order valence-electron chi connectivity index (χ4n) is 2.37. The van der Waals surface area contributed by atoms with E-state index in [1.165, 1.54) is 18.4 Å². The van der Waals surface area contributed by atoms with E-state index in [4.69, 9.17) is 9.47 Å². The average Bonchev–Trinajstić information content (AvgIpc) is 3.37. The Labute approximate surface area is 125 Å². The molecule has 1 fully saturated rings. The van der Waals surface area contributed by atoms with Crippen molar-refractivity contribution < 1.29 is 9.47 Å². The number of hydrogen-bond donors (Lipinski definition) is 1. The van der Waals surface area contributed by atoms with E-state index in [0.29, 0.717) is 6.04 Å². The first-order valence-corrected chi connectivity index (χ1v) is 7.21. The van der Waals surface area contributed by atoms with Crippen LogP contribution in [0.5, 0.6) is 11.5 Å². The van der Waals surface area contributed by atoms with Crippen LogP contribution in [0.4, 0.5) is 0 Å². The van der Waals surface area contributed by atoms with E-state index in [0.717, 1.165) is 29.3 Å². The standard InChI is InChI=1S/C17H20N2O2/c1-20-14-7-8-15(12(10-14)11-19-13-5-6-13)17-16(21-2)4-3-9-18-17/h3-4,7-10,13,19H,5-6,11H2,1-2H3. The van der Waals surface area contributed by atoms with Crippen molar-refractivity contribution in [2.45, 2.75) is 25.4 Å². The van der Waals surface area contributed by atoms with Gasteiger partial charge < -0.3 is 14.8 Å². The topological polar surface area (TPSA) is 43.4 Å². The molecular formula is C17H20N2O2. The van der Waals surface area contributed by atoms with Gasteiger partial charge in [0, 0.05) is 24.3 Å². The second-order valence-corrected chi connectivity index (χ2v) is 5.23. The van der Waals surface area contributed by atoms with Crippen molar-refractivity contribution in [2.24, 2.45) is 0 Å². The molecule has 4 nitrogen and oxygen atoms in total. The lowest BCUT2D eigenvalue weighted by Gasteiger charge is -2.14. The highest BCUT2D eigenvalue weighted by Gasteiger charge is 2.21. The fraction of sp³-hybridized carbons (Fsp3) is 0.353. The summed E-state index contributed by atoms with van der Waals surface area (Å²) >= 11 is 0. The summed E-state index contributed by atoms with van der Waals surface area (Å²) in [5, 5.41) is 3.55. The largest absolute Gasteiger partial charge is 0.497 e. The first kappa shape index (κ1) is 13.9. The zero-order valence-electron chi connectivity index (χ0n) is 12.4. The molecule has 110 valence electrons. The summed E-state index contributed by atoms with van der Waals surface area (Å²) in [7, 11) is 3.36. The molecule has 3 rings (SSSR count). The second kappa shape index (κ2) is 6.14. The molecule has 0 unspecified atom stereocenters. The Bertz CT molecular complexity index is 624. The average molecular weight is 284 g/mol. The lowest BCUT2D eigenvalue weighted by molar-refractivity contribution is 0.413. The molecule has 0 aliphatic heterocycles. The molecule has 0 radical (unpaired) electrons. The minimum Gasteiger partial charge on any atom is -0.497 e. The maximum Gasteiger partial charge on any atom is 0.145 e. The molecule has 4 heteroatoms. The summed E-state index contributed by atoms with van der Waals surface area (Å²) in [4.78, 5) is 4.49. The van der Waals surface area contributed by atoms with E-state index in [9.17, 15) is 0 Å². The Morgan fingerprint density at radius 2 is 2.05 bits per heavy atom. The van der Waals surface area contributed by atoms with Crippen molar-refractivity contribution >= 4 is 0 Å². The molecular weight excluding hydrogens is 264 g/mol. The van der Waals surface area contributed by atoms with Crippen molar-refractivity contribution in [3.8, 4) is 22.8 Å². The van der Waals surface area contributed by atoms with Crippen LogP contribution in [-0.4, -0.2) is 25.2 Å². The predicted molar refractivity (Wildman–Crippen MR) is 82.6 cm³/mol. The smallest absolute Gasteiger partial charge is 0.145 e. The zero-order chi connectivity index (χ0) is 14.7. The van der Waals surface area contributed by atoms with Crippen LogP contribution in [0.15, 0.2) is 36.5 Å². The van der Waals surface area contributed by atoms with Crippen LogP contribution in [-0.2, 0) is 6.54 Å². The third-order valence-electron chi connectivity index (χ3n) is 3.72. The Kier molecular flexibility index (Phi) is 4.06. The highest BCUT2D eigenvalue weighted by molar-refractivity contribution is 5.70. The summed E-state index contributed by atoms with van der Waals surface area (Å²) in [6.45, 7) is 0.816. The molecule has 0 amide bonds. The van der Waals surface area contributed by atoms with Gasteiger partial charge in [-0.1, -0.05) is 0 Å². The van der Waals surface area contributed by atoms with Crippen molar-refractivity contribution in [3.63, 3.8) is 0 Å². The highest BCUT2D eigenvalue weighted by Crippen LogP contribution is 2.32. The van der Waals surface area contributed by atoms with Crippen LogP contribution < -0.4 is 14.8 Å². The van der Waals surface area contributed by atoms with Gasteiger partial charge in [-0.3, -0.25) is 4.98 Å². The quantitative estimate of drug-likeness (QED) is 0.885. The first-order chi connectivity index (χ1) is 10.3. The summed E-state index contributed by atoms with van der Waals surface area (Å²) < 4.78 is 10.8. The van der Waals surface area contributed by atoms with E-state index in [2.05, 4.69) is 16.4 Å². The number of pyridine rings is 1. The van der Waals surface area contributed by atoms with Gasteiger partial charge >= 0.3 is 0 Å². The monoisotopic (exact) mass is 284 g/mol. The summed E-state index contributed by atoms with van der Waals surface area (Å²) in [5.41, 5.74) is 3.13. The molecule has 1 aliphatic rings. The van der Waals surface area contributed by atoms with Gasteiger partial charge in [-0.15, -0.1) is 0 Å². The van der Waals surface area contributed by atoms with E-state index in [1.54, 1.807) is 20.4 Å². The first-order valence-electron chi connectivity index (χ1n) is 7.21. The van der Waals surface area contributed by atoms with Gasteiger partial charge in [-0.05, 0) is 48.7 Å². The molecule has 21 heavy (non-hydrogen) atoms. The van der Waals surface area contributed by atoms with Gasteiger partial charge in [0.05, 0.1) is 14.2 Å². The maximum absolute atomic E-state index is 5.44. The van der Waals surface area contributed by atoms with E-state index >= 15 is 0 Å². The van der Waals surface area contributed by atoms with Crippen LogP contribution in [0.3, 0.4) is 0 Å². The van der Waals surface area contributed by atoms with Gasteiger partial charge in [0.2, 0.25) is 0 Å². The van der Waals surface area contributed by atoms with Crippen molar-refractivity contribution in [3.05, 3.63) is 42.1 Å². The van der Waals surface area contributed by atoms with Crippen LogP contribution in [0.2, 0.25) is 0 Å². The van der Waals surface area contributed by atoms with E-state index in [1.807, 2.05) is 24.3 Å². The van der Waals surface area contributed by atoms with Crippen LogP contribution in [0, 0.1) is 0 Å². The molecule has 1 heterocycles. The Hall–Kier alpha value is -2.07. The molecule has 1 aliphatic carbocycles. The molecule has 1 aromatic carbocycles. The van der Waals surface area contributed by atoms with Crippen molar-refractivity contribution in [1.29, 1.82) is 0 Å². The summed E-state index contributed by atoms with van der Waals surface area (Å²) in [6, 6.07) is 10.6. The lowest BCUT2D eigenvalue weighted by Crippen LogP contribution is -2.16. The SMILES string of the molecule is COc1ccc(-c2ncccc2OC)c(CNC2CC2)c1. The summed E-state index contributed by atoms with van der Waals surface area (Å²) in [6.07, 6.45) is 4.33. The minimum absolute atomic E-state index is 0.662. The number of methoxy groups -OCH3 is 2. The number of ether oxygens (including phenoxy) is 2. The molecule has 0 bridgehead atoms. The van der Waals surface area contributed by atoms with Crippen molar-refractivity contribution in [1.82, 2.24) is 10.3 Å². The van der Waals surface area contributed by atoms with Crippen LogP contribution >= 0.6 is 0 Å². The van der Waals surface area contributed by atoms with Crippen LogP contribution in [0.1, 0.15) is 18.4 Å². The van der Waals surface area contributed by atoms with Gasteiger partial charge in [0.15, 0.2) is 0 Å². The fourth-order valence-corrected chi connectivity index (χ4v) is 2.37. The molecule has 0 spiro atoms. The molecule has 1 N–H and O–H groups in total. The number of aromatic nitrogens is 1. The van der Waals surface area contributed by atoms with Gasteiger partial charge in [-0.2, -0.15) is 0 Å². The lowest BCUT2D eigenvalue weighted by atomic mass is 10.0. The molecule has 1 aromatic heterocycles. The third-order valence-corrected chi connectivity index (χ3v) is 3.72. The Morgan fingerprint density at radius 3 is 2.76 bits per heavy atom. The van der Waals surface area contributed by atoms with Gasteiger partial charge in [0.1, 0.15) is 17.2 Å². The Morgan fingerprint density at radius 1 is 1.19 bits per heavy atom. The van der Waals surface area contributed by atoms with E-state index in [-0.39, 0.29) is 0 Å². The maximum atomic E-state index is 5.44. The molecule has 0 saturated heterocycles. The summed E-state index contributed by atoms with van der Waals surface area (Å²) in [5.74, 6) is 1.65. The highest BCUT2D eigenvalue weighted by atomic mass is 16.5. The van der Waals surface area contributed by atoms with Crippen molar-refractivity contribution in [2.75, 3.05) is 14.2 Å². The van der Waals surface area contributed by atoms with E-state index < -0.39 is 0 Å². The Balaban J connectivity index is 1.98. The van der Waals surface area contributed by atoms with Crippen LogP contribution in [0.25, 0.3) is 11.3 Å². The molecule has 2 aromatic rings. The second-order valence-electron chi connectivity index (χ2n) is 5.23. The normalized spacial score (nSPS) is 14.0. The number of nitrogens with zero attached hydrogens (tertiary/aromatic N) is 1. The minimum atomic E-state index is 0.662. The van der Waals surface area contributed by atoms with Gasteiger partial charge in [-0.25, -0.2) is 0 Å². The number of nitrogens with one attached hydrogen (secondary N) is 1. The molecule has 0 atom stereocenters. The predicted octanol–water partition coefficient (Wildman–Crippen LogP) is 3.02. The number of rotatable bonds is 6. The van der Waals surface area contributed by atoms with Gasteiger partial charge in [0.25, 0.3) is 0 Å². The third kappa shape index (κ3) is 3.16. The number of hydrogen-bond acceptors (Lipinski definition) is 4. The zero-order valence-corrected chi connectivity index (χ0v) is 12.4. The molecule has 1 saturated carbocycles.